The van der Waals surface area contributed by atoms with E-state index in [2.05, 4.69) is 10.1 Å². The Morgan fingerprint density at radius 1 is 1.20 bits per heavy atom. The molecule has 1 aromatic heterocycles. The number of piperidine rings is 1. The molecule has 0 spiro atoms. The third kappa shape index (κ3) is 4.07. The van der Waals surface area contributed by atoms with Gasteiger partial charge in [0.2, 0.25) is 5.91 Å². The van der Waals surface area contributed by atoms with E-state index in [0.717, 1.165) is 37.8 Å². The normalized spacial score (nSPS) is 20.6. The summed E-state index contributed by atoms with van der Waals surface area (Å²) < 4.78 is 11.0. The number of likely N-dealkylation sites (tertiary alicyclic amines) is 1. The van der Waals surface area contributed by atoms with Gasteiger partial charge < -0.3 is 14.2 Å². The summed E-state index contributed by atoms with van der Waals surface area (Å²) in [5.74, 6) is 1.94. The van der Waals surface area contributed by atoms with Crippen molar-refractivity contribution in [2.75, 3.05) is 13.1 Å². The molecule has 1 amide bonds. The lowest BCUT2D eigenvalue weighted by atomic mass is 9.97. The van der Waals surface area contributed by atoms with E-state index >= 15 is 0 Å². The van der Waals surface area contributed by atoms with Crippen LogP contribution in [0.2, 0.25) is 0 Å². The van der Waals surface area contributed by atoms with E-state index in [0.29, 0.717) is 37.4 Å². The molecule has 1 saturated heterocycles. The molecule has 132 valence electrons. The van der Waals surface area contributed by atoms with Gasteiger partial charge in [-0.25, -0.2) is 0 Å². The molecule has 1 unspecified atom stereocenters. The lowest BCUT2D eigenvalue weighted by Gasteiger charge is -2.31. The molecule has 2 heterocycles. The van der Waals surface area contributed by atoms with Gasteiger partial charge in [0.1, 0.15) is 6.61 Å². The minimum atomic E-state index is 0.170. The van der Waals surface area contributed by atoms with Gasteiger partial charge in [0, 0.05) is 24.9 Å². The van der Waals surface area contributed by atoms with Gasteiger partial charge in [-0.2, -0.15) is 4.98 Å². The molecule has 1 atom stereocenters. The van der Waals surface area contributed by atoms with E-state index in [-0.39, 0.29) is 11.8 Å². The molecule has 1 saturated carbocycles. The van der Waals surface area contributed by atoms with Gasteiger partial charge in [0.15, 0.2) is 5.82 Å². The predicted molar refractivity (Wildman–Crippen MR) is 90.5 cm³/mol. The lowest BCUT2D eigenvalue weighted by Crippen LogP contribution is -2.40. The first-order valence-corrected chi connectivity index (χ1v) is 9.02. The van der Waals surface area contributed by atoms with E-state index in [1.54, 1.807) is 0 Å². The van der Waals surface area contributed by atoms with Crippen LogP contribution in [0.1, 0.15) is 48.9 Å². The van der Waals surface area contributed by atoms with Crippen molar-refractivity contribution in [1.29, 1.82) is 0 Å². The average molecular weight is 341 g/mol. The van der Waals surface area contributed by atoms with Crippen molar-refractivity contribution in [2.24, 2.45) is 5.92 Å². The fourth-order valence-electron chi connectivity index (χ4n) is 3.30. The minimum absolute atomic E-state index is 0.170. The number of hydrogen-bond acceptors (Lipinski definition) is 5. The molecule has 1 aliphatic heterocycles. The summed E-state index contributed by atoms with van der Waals surface area (Å²) in [4.78, 5) is 18.7. The summed E-state index contributed by atoms with van der Waals surface area (Å²) in [5.41, 5.74) is 1.11. The molecule has 1 aliphatic carbocycles. The van der Waals surface area contributed by atoms with Crippen molar-refractivity contribution >= 4 is 5.91 Å². The van der Waals surface area contributed by atoms with Crippen LogP contribution in [0.3, 0.4) is 0 Å². The second-order valence-electron chi connectivity index (χ2n) is 6.92. The van der Waals surface area contributed by atoms with Crippen LogP contribution in [0, 0.1) is 5.92 Å². The van der Waals surface area contributed by atoms with Crippen LogP contribution in [-0.2, 0) is 22.7 Å². The Labute approximate surface area is 147 Å². The zero-order chi connectivity index (χ0) is 17.1. The van der Waals surface area contributed by atoms with Crippen LogP contribution < -0.4 is 0 Å². The Kier molecular flexibility index (Phi) is 4.78. The Morgan fingerprint density at radius 3 is 2.84 bits per heavy atom. The Morgan fingerprint density at radius 2 is 2.04 bits per heavy atom. The topological polar surface area (TPSA) is 68.5 Å². The zero-order valence-corrected chi connectivity index (χ0v) is 14.3. The molecule has 0 bridgehead atoms. The highest BCUT2D eigenvalue weighted by Crippen LogP contribution is 2.33. The SMILES string of the molecule is O=C(C1CC1)N1CCCC(c2noc(COCc3ccccc3)n2)C1. The van der Waals surface area contributed by atoms with Crippen LogP contribution in [-0.4, -0.2) is 34.0 Å². The molecule has 2 fully saturated rings. The van der Waals surface area contributed by atoms with Crippen LogP contribution in [0.4, 0.5) is 0 Å². The second-order valence-corrected chi connectivity index (χ2v) is 6.92. The highest BCUT2D eigenvalue weighted by Gasteiger charge is 2.36. The Hall–Kier alpha value is -2.21. The Balaban J connectivity index is 1.30. The highest BCUT2D eigenvalue weighted by molar-refractivity contribution is 5.81. The van der Waals surface area contributed by atoms with Crippen LogP contribution >= 0.6 is 0 Å². The number of carbonyl (C=O) groups excluding carboxylic acids is 1. The van der Waals surface area contributed by atoms with E-state index in [9.17, 15) is 4.79 Å². The van der Waals surface area contributed by atoms with Gasteiger partial charge in [0.05, 0.1) is 6.61 Å². The maximum Gasteiger partial charge on any atom is 0.252 e. The van der Waals surface area contributed by atoms with Crippen molar-refractivity contribution in [3.8, 4) is 0 Å². The summed E-state index contributed by atoms with van der Waals surface area (Å²) in [7, 11) is 0. The summed E-state index contributed by atoms with van der Waals surface area (Å²) in [6.07, 6.45) is 4.09. The maximum absolute atomic E-state index is 12.3. The van der Waals surface area contributed by atoms with Gasteiger partial charge in [-0.1, -0.05) is 35.5 Å². The summed E-state index contributed by atoms with van der Waals surface area (Å²) in [6, 6.07) is 10.00. The van der Waals surface area contributed by atoms with E-state index in [1.807, 2.05) is 35.2 Å². The molecule has 2 aliphatic rings. The van der Waals surface area contributed by atoms with Crippen LogP contribution in [0.15, 0.2) is 34.9 Å². The monoisotopic (exact) mass is 341 g/mol. The standard InChI is InChI=1S/C19H23N3O3/c23-19(15-8-9-15)22-10-4-7-16(11-22)18-20-17(25-21-18)13-24-12-14-5-2-1-3-6-14/h1-3,5-6,15-16H,4,7-13H2. The fraction of sp³-hybridized carbons (Fsp3) is 0.526. The quantitative estimate of drug-likeness (QED) is 0.808. The summed E-state index contributed by atoms with van der Waals surface area (Å²) >= 11 is 0. The minimum Gasteiger partial charge on any atom is -0.367 e. The molecular formula is C19H23N3O3. The number of carbonyl (C=O) groups is 1. The number of ether oxygens (including phenoxy) is 1. The summed E-state index contributed by atoms with van der Waals surface area (Å²) in [5, 5.41) is 4.12. The second kappa shape index (κ2) is 7.35. The third-order valence-corrected chi connectivity index (χ3v) is 4.85. The number of aromatic nitrogens is 2. The van der Waals surface area contributed by atoms with E-state index in [4.69, 9.17) is 9.26 Å². The van der Waals surface area contributed by atoms with Crippen molar-refractivity contribution < 1.29 is 14.1 Å². The molecule has 1 aromatic carbocycles. The van der Waals surface area contributed by atoms with Crippen molar-refractivity contribution in [2.45, 2.75) is 44.8 Å². The number of nitrogens with zero attached hydrogens (tertiary/aromatic N) is 3. The molecule has 6 nitrogen and oxygen atoms in total. The molecule has 0 N–H and O–H groups in total. The van der Waals surface area contributed by atoms with Gasteiger partial charge in [-0.3, -0.25) is 4.79 Å². The first-order valence-electron chi connectivity index (χ1n) is 9.02. The molecule has 4 rings (SSSR count). The third-order valence-electron chi connectivity index (χ3n) is 4.85. The Bertz CT molecular complexity index is 712. The molecule has 25 heavy (non-hydrogen) atoms. The number of amides is 1. The number of rotatable bonds is 6. The van der Waals surface area contributed by atoms with Gasteiger partial charge in [-0.05, 0) is 31.2 Å². The van der Waals surface area contributed by atoms with Crippen LogP contribution in [0.25, 0.3) is 0 Å². The first kappa shape index (κ1) is 16.3. The fourth-order valence-corrected chi connectivity index (χ4v) is 3.30. The number of benzene rings is 1. The first-order chi connectivity index (χ1) is 12.3. The average Bonchev–Trinajstić information content (AvgIpc) is 3.41. The van der Waals surface area contributed by atoms with E-state index < -0.39 is 0 Å². The zero-order valence-electron chi connectivity index (χ0n) is 14.3. The van der Waals surface area contributed by atoms with Crippen molar-refractivity contribution in [3.63, 3.8) is 0 Å². The summed E-state index contributed by atoms with van der Waals surface area (Å²) in [6.45, 7) is 2.39. The smallest absolute Gasteiger partial charge is 0.252 e. The molecular weight excluding hydrogens is 318 g/mol. The van der Waals surface area contributed by atoms with Gasteiger partial charge in [0.25, 0.3) is 5.89 Å². The van der Waals surface area contributed by atoms with E-state index in [1.165, 1.54) is 0 Å². The number of hydrogen-bond donors (Lipinski definition) is 0. The van der Waals surface area contributed by atoms with Crippen molar-refractivity contribution in [1.82, 2.24) is 15.0 Å². The molecule has 0 radical (unpaired) electrons. The highest BCUT2D eigenvalue weighted by atomic mass is 16.5. The van der Waals surface area contributed by atoms with Crippen LogP contribution in [0.5, 0.6) is 0 Å². The van der Waals surface area contributed by atoms with Gasteiger partial charge in [-0.15, -0.1) is 0 Å². The molecule has 6 heteroatoms. The van der Waals surface area contributed by atoms with Gasteiger partial charge >= 0.3 is 0 Å². The molecule has 2 aromatic rings. The predicted octanol–water partition coefficient (Wildman–Crippen LogP) is 2.90. The van der Waals surface area contributed by atoms with Crippen molar-refractivity contribution in [3.05, 3.63) is 47.6 Å². The maximum atomic E-state index is 12.3. The largest absolute Gasteiger partial charge is 0.367 e. The lowest BCUT2D eigenvalue weighted by molar-refractivity contribution is -0.133.